The first-order chi connectivity index (χ1) is 8.52. The number of ether oxygens (including phenoxy) is 2. The van der Waals surface area contributed by atoms with Gasteiger partial charge in [-0.1, -0.05) is 0 Å². The monoisotopic (exact) mass is 253 g/mol. The normalized spacial score (nSPS) is 12.3. The molecule has 0 amide bonds. The van der Waals surface area contributed by atoms with Gasteiger partial charge in [0.2, 0.25) is 0 Å². The Balaban J connectivity index is 2.46. The van der Waals surface area contributed by atoms with E-state index in [9.17, 15) is 9.90 Å². The third-order valence-corrected chi connectivity index (χ3v) is 2.29. The van der Waals surface area contributed by atoms with Gasteiger partial charge in [0, 0.05) is 6.54 Å². The minimum Gasteiger partial charge on any atom is -0.491 e. The summed E-state index contributed by atoms with van der Waals surface area (Å²) >= 11 is 0. The van der Waals surface area contributed by atoms with Crippen LogP contribution in [0.5, 0.6) is 5.75 Å². The average molecular weight is 253 g/mol. The molecule has 0 bridgehead atoms. The number of likely N-dealkylation sites (N-methyl/N-ethyl adjacent to an activating group) is 1. The van der Waals surface area contributed by atoms with Crippen LogP contribution in [-0.4, -0.2) is 56.4 Å². The van der Waals surface area contributed by atoms with E-state index in [1.54, 1.807) is 24.3 Å². The van der Waals surface area contributed by atoms with Crippen LogP contribution >= 0.6 is 0 Å². The number of carbonyl (C=O) groups is 1. The highest BCUT2D eigenvalue weighted by molar-refractivity contribution is 5.89. The summed E-state index contributed by atoms with van der Waals surface area (Å²) in [6.45, 7) is 0.760. The van der Waals surface area contributed by atoms with Crippen LogP contribution in [-0.2, 0) is 4.74 Å². The fourth-order valence-corrected chi connectivity index (χ4v) is 1.47. The second kappa shape index (κ2) is 6.98. The van der Waals surface area contributed by atoms with Crippen LogP contribution in [0.4, 0.5) is 0 Å². The summed E-state index contributed by atoms with van der Waals surface area (Å²) in [6, 6.07) is 6.60. The highest BCUT2D eigenvalue weighted by Gasteiger charge is 2.08. The number of methoxy groups -OCH3 is 1. The molecule has 1 aromatic rings. The molecule has 1 rings (SSSR count). The number of benzene rings is 1. The van der Waals surface area contributed by atoms with Crippen molar-refractivity contribution in [2.75, 3.05) is 34.4 Å². The number of hydrogen-bond acceptors (Lipinski definition) is 5. The summed E-state index contributed by atoms with van der Waals surface area (Å²) < 4.78 is 10.0. The summed E-state index contributed by atoms with van der Waals surface area (Å²) in [4.78, 5) is 13.1. The molecule has 0 aromatic heterocycles. The maximum atomic E-state index is 11.2. The van der Waals surface area contributed by atoms with Gasteiger partial charge in [-0.3, -0.25) is 0 Å². The third kappa shape index (κ3) is 4.73. The predicted octanol–water partition coefficient (Wildman–Crippen LogP) is 0.774. The Bertz CT molecular complexity index is 375. The molecule has 18 heavy (non-hydrogen) atoms. The largest absolute Gasteiger partial charge is 0.491 e. The Hall–Kier alpha value is -1.59. The fraction of sp³-hybridized carbons (Fsp3) is 0.462. The molecule has 1 atom stereocenters. The van der Waals surface area contributed by atoms with Crippen LogP contribution in [0.25, 0.3) is 0 Å². The van der Waals surface area contributed by atoms with Crippen molar-refractivity contribution >= 4 is 5.97 Å². The van der Waals surface area contributed by atoms with E-state index < -0.39 is 6.10 Å². The summed E-state index contributed by atoms with van der Waals surface area (Å²) in [6.07, 6.45) is -0.541. The van der Waals surface area contributed by atoms with Crippen molar-refractivity contribution in [1.29, 1.82) is 0 Å². The van der Waals surface area contributed by atoms with Crippen molar-refractivity contribution in [2.24, 2.45) is 0 Å². The number of rotatable bonds is 6. The standard InChI is InChI=1S/C13H19NO4/c1-14(2)8-11(15)9-18-12-6-4-10(5-7-12)13(16)17-3/h4-7,11,15H,8-9H2,1-3H3/t11-/m0/s1. The average Bonchev–Trinajstić information content (AvgIpc) is 2.35. The highest BCUT2D eigenvalue weighted by Crippen LogP contribution is 2.13. The smallest absolute Gasteiger partial charge is 0.337 e. The van der Waals surface area contributed by atoms with E-state index in [1.165, 1.54) is 7.11 Å². The second-order valence-corrected chi connectivity index (χ2v) is 4.24. The summed E-state index contributed by atoms with van der Waals surface area (Å²) in [5, 5.41) is 9.62. The van der Waals surface area contributed by atoms with Gasteiger partial charge in [0.05, 0.1) is 12.7 Å². The Kier molecular flexibility index (Phi) is 5.61. The van der Waals surface area contributed by atoms with Gasteiger partial charge in [0.15, 0.2) is 0 Å². The second-order valence-electron chi connectivity index (χ2n) is 4.24. The van der Waals surface area contributed by atoms with Crippen LogP contribution in [0.3, 0.4) is 0 Å². The maximum Gasteiger partial charge on any atom is 0.337 e. The maximum absolute atomic E-state index is 11.2. The molecule has 0 aliphatic carbocycles. The molecule has 0 saturated heterocycles. The van der Waals surface area contributed by atoms with Crippen molar-refractivity contribution in [3.8, 4) is 5.75 Å². The molecule has 0 radical (unpaired) electrons. The molecule has 0 aliphatic rings. The number of nitrogens with zero attached hydrogens (tertiary/aromatic N) is 1. The van der Waals surface area contributed by atoms with Crippen LogP contribution in [0.2, 0.25) is 0 Å². The van der Waals surface area contributed by atoms with Crippen molar-refractivity contribution < 1.29 is 19.4 Å². The van der Waals surface area contributed by atoms with E-state index in [0.717, 1.165) is 0 Å². The van der Waals surface area contributed by atoms with Crippen molar-refractivity contribution in [2.45, 2.75) is 6.10 Å². The number of carbonyl (C=O) groups excluding carboxylic acids is 1. The summed E-state index contributed by atoms with van der Waals surface area (Å²) in [5.41, 5.74) is 0.471. The van der Waals surface area contributed by atoms with Gasteiger partial charge in [0.1, 0.15) is 18.5 Å². The Morgan fingerprint density at radius 2 is 1.94 bits per heavy atom. The lowest BCUT2D eigenvalue weighted by atomic mass is 10.2. The van der Waals surface area contributed by atoms with Gasteiger partial charge < -0.3 is 19.5 Å². The molecule has 0 saturated carbocycles. The Labute approximate surface area is 107 Å². The number of hydrogen-bond donors (Lipinski definition) is 1. The quantitative estimate of drug-likeness (QED) is 0.759. The predicted molar refractivity (Wildman–Crippen MR) is 67.8 cm³/mol. The van der Waals surface area contributed by atoms with Crippen molar-refractivity contribution in [1.82, 2.24) is 4.90 Å². The van der Waals surface area contributed by atoms with Gasteiger partial charge in [-0.15, -0.1) is 0 Å². The molecule has 0 aliphatic heterocycles. The molecular weight excluding hydrogens is 234 g/mol. The number of aliphatic hydroxyl groups is 1. The van der Waals surface area contributed by atoms with E-state index in [-0.39, 0.29) is 12.6 Å². The summed E-state index contributed by atoms with van der Waals surface area (Å²) in [5.74, 6) is 0.231. The van der Waals surface area contributed by atoms with E-state index in [0.29, 0.717) is 17.9 Å². The fourth-order valence-electron chi connectivity index (χ4n) is 1.47. The van der Waals surface area contributed by atoms with Gasteiger partial charge >= 0.3 is 5.97 Å². The van der Waals surface area contributed by atoms with Crippen molar-refractivity contribution in [3.63, 3.8) is 0 Å². The van der Waals surface area contributed by atoms with Gasteiger partial charge in [0.25, 0.3) is 0 Å². The lowest BCUT2D eigenvalue weighted by molar-refractivity contribution is 0.0600. The molecular formula is C13H19NO4. The zero-order valence-corrected chi connectivity index (χ0v) is 10.9. The molecule has 0 unspecified atom stereocenters. The summed E-state index contributed by atoms with van der Waals surface area (Å²) in [7, 11) is 5.10. The molecule has 0 spiro atoms. The topological polar surface area (TPSA) is 59.0 Å². The van der Waals surface area contributed by atoms with E-state index >= 15 is 0 Å². The molecule has 100 valence electrons. The number of aliphatic hydroxyl groups excluding tert-OH is 1. The molecule has 1 N–H and O–H groups in total. The van der Waals surface area contributed by atoms with E-state index in [2.05, 4.69) is 4.74 Å². The highest BCUT2D eigenvalue weighted by atomic mass is 16.5. The molecule has 0 heterocycles. The minimum atomic E-state index is -0.541. The zero-order valence-electron chi connectivity index (χ0n) is 10.9. The Morgan fingerprint density at radius 3 is 2.44 bits per heavy atom. The van der Waals surface area contributed by atoms with Gasteiger partial charge in [-0.25, -0.2) is 4.79 Å². The molecule has 1 aromatic carbocycles. The molecule has 5 heteroatoms. The SMILES string of the molecule is COC(=O)c1ccc(OC[C@@H](O)CN(C)C)cc1. The first-order valence-corrected chi connectivity index (χ1v) is 5.67. The van der Waals surface area contributed by atoms with E-state index in [1.807, 2.05) is 19.0 Å². The lowest BCUT2D eigenvalue weighted by Gasteiger charge is -2.16. The van der Waals surface area contributed by atoms with Crippen LogP contribution < -0.4 is 4.74 Å². The lowest BCUT2D eigenvalue weighted by Crippen LogP contribution is -2.30. The number of esters is 1. The first kappa shape index (κ1) is 14.5. The molecule has 0 fully saturated rings. The first-order valence-electron chi connectivity index (χ1n) is 5.67. The zero-order chi connectivity index (χ0) is 13.5. The van der Waals surface area contributed by atoms with Crippen LogP contribution in [0, 0.1) is 0 Å². The van der Waals surface area contributed by atoms with Gasteiger partial charge in [-0.05, 0) is 38.4 Å². The van der Waals surface area contributed by atoms with Crippen LogP contribution in [0.15, 0.2) is 24.3 Å². The van der Waals surface area contributed by atoms with Gasteiger partial charge in [-0.2, -0.15) is 0 Å². The minimum absolute atomic E-state index is 0.218. The van der Waals surface area contributed by atoms with Crippen LogP contribution in [0.1, 0.15) is 10.4 Å². The van der Waals surface area contributed by atoms with Crippen molar-refractivity contribution in [3.05, 3.63) is 29.8 Å². The third-order valence-electron chi connectivity index (χ3n) is 2.29. The van der Waals surface area contributed by atoms with E-state index in [4.69, 9.17) is 4.74 Å². The Morgan fingerprint density at radius 1 is 1.33 bits per heavy atom. The molecule has 5 nitrogen and oxygen atoms in total.